The van der Waals surface area contributed by atoms with E-state index in [-0.39, 0.29) is 5.60 Å². The zero-order chi connectivity index (χ0) is 11.6. The van der Waals surface area contributed by atoms with E-state index in [9.17, 15) is 0 Å². The lowest BCUT2D eigenvalue weighted by molar-refractivity contribution is 0.0544. The highest BCUT2D eigenvalue weighted by atomic mass is 16.5. The maximum Gasteiger partial charge on any atom is 0.100 e. The summed E-state index contributed by atoms with van der Waals surface area (Å²) in [4.78, 5) is 0. The van der Waals surface area contributed by atoms with E-state index in [1.165, 1.54) is 0 Å². The van der Waals surface area contributed by atoms with Gasteiger partial charge in [-0.05, 0) is 34.1 Å². The summed E-state index contributed by atoms with van der Waals surface area (Å²) in [5, 5.41) is 0. The van der Waals surface area contributed by atoms with Gasteiger partial charge in [-0.3, -0.25) is 0 Å². The predicted molar refractivity (Wildman–Crippen MR) is 62.1 cm³/mol. The largest absolute Gasteiger partial charge is 0.505 e. The zero-order valence-electron chi connectivity index (χ0n) is 10.4. The average molecular weight is 200 g/mol. The molecule has 2 nitrogen and oxygen atoms in total. The van der Waals surface area contributed by atoms with Crippen molar-refractivity contribution in [1.29, 1.82) is 0 Å². The highest BCUT2D eigenvalue weighted by Crippen LogP contribution is 2.10. The SMILES string of the molecule is C=C(C)OC(C)(C)C.CCC=COC. The monoisotopic (exact) mass is 200 g/mol. The molecule has 0 aliphatic heterocycles. The predicted octanol–water partition coefficient (Wildman–Crippen LogP) is 3.89. The van der Waals surface area contributed by atoms with E-state index in [1.54, 1.807) is 13.4 Å². The molecule has 0 radical (unpaired) electrons. The molecule has 0 amide bonds. The van der Waals surface area contributed by atoms with Crippen LogP contribution in [0.1, 0.15) is 41.0 Å². The van der Waals surface area contributed by atoms with Gasteiger partial charge in [0, 0.05) is 0 Å². The molecule has 0 unspecified atom stereocenters. The fourth-order valence-corrected chi connectivity index (χ4v) is 0.715. The van der Waals surface area contributed by atoms with Crippen molar-refractivity contribution in [3.8, 4) is 0 Å². The third-order valence-electron chi connectivity index (χ3n) is 0.948. The van der Waals surface area contributed by atoms with Crippen LogP contribution < -0.4 is 0 Å². The number of hydrogen-bond acceptors (Lipinski definition) is 2. The van der Waals surface area contributed by atoms with Crippen LogP contribution >= 0.6 is 0 Å². The lowest BCUT2D eigenvalue weighted by Crippen LogP contribution is -2.17. The summed E-state index contributed by atoms with van der Waals surface area (Å²) in [6.45, 7) is 13.5. The summed E-state index contributed by atoms with van der Waals surface area (Å²) < 4.78 is 9.84. The molecule has 0 saturated heterocycles. The number of methoxy groups -OCH3 is 1. The molecule has 0 rings (SSSR count). The van der Waals surface area contributed by atoms with E-state index in [2.05, 4.69) is 18.2 Å². The Morgan fingerprint density at radius 1 is 1.36 bits per heavy atom. The Morgan fingerprint density at radius 2 is 1.86 bits per heavy atom. The summed E-state index contributed by atoms with van der Waals surface area (Å²) in [6, 6.07) is 0. The third-order valence-corrected chi connectivity index (χ3v) is 0.948. The second-order valence-corrected chi connectivity index (χ2v) is 3.93. The van der Waals surface area contributed by atoms with Crippen LogP contribution in [-0.2, 0) is 9.47 Å². The van der Waals surface area contributed by atoms with Gasteiger partial charge in [0.25, 0.3) is 0 Å². The fraction of sp³-hybridized carbons (Fsp3) is 0.667. The molecule has 0 heterocycles. The van der Waals surface area contributed by atoms with E-state index in [4.69, 9.17) is 4.74 Å². The van der Waals surface area contributed by atoms with E-state index in [0.717, 1.165) is 12.2 Å². The number of ether oxygens (including phenoxy) is 2. The van der Waals surface area contributed by atoms with Crippen LogP contribution in [0.3, 0.4) is 0 Å². The van der Waals surface area contributed by atoms with E-state index >= 15 is 0 Å². The molecular formula is C12H24O2. The first-order valence-electron chi connectivity index (χ1n) is 4.85. The Morgan fingerprint density at radius 3 is 1.93 bits per heavy atom. The first-order valence-corrected chi connectivity index (χ1v) is 4.85. The van der Waals surface area contributed by atoms with Crippen LogP contribution in [0.25, 0.3) is 0 Å². The van der Waals surface area contributed by atoms with Crippen molar-refractivity contribution < 1.29 is 9.47 Å². The van der Waals surface area contributed by atoms with Crippen LogP contribution in [0.5, 0.6) is 0 Å². The molecule has 0 bridgehead atoms. The molecule has 0 aromatic heterocycles. The second kappa shape index (κ2) is 8.67. The summed E-state index contributed by atoms with van der Waals surface area (Å²) >= 11 is 0. The fourth-order valence-electron chi connectivity index (χ4n) is 0.715. The molecule has 84 valence electrons. The molecule has 0 saturated carbocycles. The average Bonchev–Trinajstić information content (AvgIpc) is 1.97. The minimum Gasteiger partial charge on any atom is -0.505 e. The van der Waals surface area contributed by atoms with Crippen LogP contribution in [0, 0.1) is 0 Å². The Bertz CT molecular complexity index is 158. The van der Waals surface area contributed by atoms with Gasteiger partial charge in [0.2, 0.25) is 0 Å². The van der Waals surface area contributed by atoms with Crippen molar-refractivity contribution in [2.24, 2.45) is 0 Å². The third kappa shape index (κ3) is 22.5. The van der Waals surface area contributed by atoms with Gasteiger partial charge in [-0.1, -0.05) is 19.6 Å². The normalized spacial score (nSPS) is 10.4. The topological polar surface area (TPSA) is 18.5 Å². The van der Waals surface area contributed by atoms with Crippen LogP contribution in [0.15, 0.2) is 24.7 Å². The molecule has 0 fully saturated rings. The number of hydrogen-bond donors (Lipinski definition) is 0. The lowest BCUT2D eigenvalue weighted by atomic mass is 10.2. The molecule has 0 aliphatic carbocycles. The van der Waals surface area contributed by atoms with Gasteiger partial charge in [-0.25, -0.2) is 0 Å². The van der Waals surface area contributed by atoms with Crippen LogP contribution in [-0.4, -0.2) is 12.7 Å². The van der Waals surface area contributed by atoms with Gasteiger partial charge < -0.3 is 9.47 Å². The zero-order valence-corrected chi connectivity index (χ0v) is 10.4. The second-order valence-electron chi connectivity index (χ2n) is 3.93. The Hall–Kier alpha value is -0.920. The smallest absolute Gasteiger partial charge is 0.100 e. The maximum absolute atomic E-state index is 5.24. The molecule has 0 aromatic carbocycles. The van der Waals surface area contributed by atoms with Gasteiger partial charge >= 0.3 is 0 Å². The van der Waals surface area contributed by atoms with Crippen LogP contribution in [0.4, 0.5) is 0 Å². The van der Waals surface area contributed by atoms with E-state index < -0.39 is 0 Å². The molecule has 14 heavy (non-hydrogen) atoms. The molecule has 0 atom stereocenters. The molecule has 0 N–H and O–H groups in total. The highest BCUT2D eigenvalue weighted by molar-refractivity contribution is 4.78. The van der Waals surface area contributed by atoms with Gasteiger partial charge in [0.1, 0.15) is 5.60 Å². The molecule has 0 aliphatic rings. The van der Waals surface area contributed by atoms with Gasteiger partial charge in [0.05, 0.1) is 19.1 Å². The van der Waals surface area contributed by atoms with Crippen LogP contribution in [0.2, 0.25) is 0 Å². The standard InChI is InChI=1S/C7H14O.C5H10O/c1-6(2)8-7(3,4)5;1-3-4-5-6-2/h1H2,2-5H3;4-5H,3H2,1-2H3. The van der Waals surface area contributed by atoms with Crippen molar-refractivity contribution in [2.45, 2.75) is 46.6 Å². The summed E-state index contributed by atoms with van der Waals surface area (Å²) in [7, 11) is 1.64. The van der Waals surface area contributed by atoms with Crippen molar-refractivity contribution in [1.82, 2.24) is 0 Å². The Balaban J connectivity index is 0. The minimum atomic E-state index is -0.0775. The summed E-state index contributed by atoms with van der Waals surface area (Å²) in [5.74, 6) is 0.775. The van der Waals surface area contributed by atoms with E-state index in [1.807, 2.05) is 33.8 Å². The molecule has 2 heteroatoms. The highest BCUT2D eigenvalue weighted by Gasteiger charge is 2.08. The maximum atomic E-state index is 5.24. The number of rotatable bonds is 3. The molecular weight excluding hydrogens is 176 g/mol. The van der Waals surface area contributed by atoms with Crippen molar-refractivity contribution in [3.05, 3.63) is 24.7 Å². The summed E-state index contributed by atoms with van der Waals surface area (Å²) in [5.41, 5.74) is -0.0775. The number of allylic oxidation sites excluding steroid dienone is 2. The molecule has 0 spiro atoms. The van der Waals surface area contributed by atoms with E-state index in [0.29, 0.717) is 0 Å². The molecule has 0 aromatic rings. The van der Waals surface area contributed by atoms with Crippen molar-refractivity contribution >= 4 is 0 Å². The van der Waals surface area contributed by atoms with Gasteiger partial charge in [0.15, 0.2) is 0 Å². The Labute approximate surface area is 88.6 Å². The first-order chi connectivity index (χ1) is 6.33. The van der Waals surface area contributed by atoms with Gasteiger partial charge in [-0.2, -0.15) is 0 Å². The van der Waals surface area contributed by atoms with Crippen molar-refractivity contribution in [2.75, 3.05) is 7.11 Å². The van der Waals surface area contributed by atoms with Gasteiger partial charge in [-0.15, -0.1) is 0 Å². The quantitative estimate of drug-likeness (QED) is 0.643. The first kappa shape index (κ1) is 15.5. The minimum absolute atomic E-state index is 0.0775. The van der Waals surface area contributed by atoms with Crippen molar-refractivity contribution in [3.63, 3.8) is 0 Å². The Kier molecular flexibility index (Phi) is 9.63. The lowest BCUT2D eigenvalue weighted by Gasteiger charge is -2.20. The summed E-state index contributed by atoms with van der Waals surface area (Å²) in [6.07, 6.45) is 4.69.